The second kappa shape index (κ2) is 8.20. The van der Waals surface area contributed by atoms with Gasteiger partial charge >= 0.3 is 0 Å². The van der Waals surface area contributed by atoms with Crippen LogP contribution in [0.4, 0.5) is 0 Å². The first-order chi connectivity index (χ1) is 13.7. The normalized spacial score (nSPS) is 12.4. The van der Waals surface area contributed by atoms with E-state index in [9.17, 15) is 13.2 Å². The topological polar surface area (TPSA) is 125 Å². The highest BCUT2D eigenvalue weighted by Crippen LogP contribution is 2.35. The Hall–Kier alpha value is -2.94. The largest absolute Gasteiger partial charge is 0.495 e. The molecule has 3 rings (SSSR count). The second-order valence-electron chi connectivity index (χ2n) is 6.27. The second-order valence-corrected chi connectivity index (χ2v) is 8.21. The molecule has 0 aliphatic rings. The summed E-state index contributed by atoms with van der Waals surface area (Å²) in [5.74, 6) is -1.16. The summed E-state index contributed by atoms with van der Waals surface area (Å²) in [6, 6.07) is 12.9. The minimum Gasteiger partial charge on any atom is -0.495 e. The van der Waals surface area contributed by atoms with E-state index < -0.39 is 21.8 Å². The van der Waals surface area contributed by atoms with Gasteiger partial charge in [0, 0.05) is 22.3 Å². The number of halogens is 1. The van der Waals surface area contributed by atoms with Crippen LogP contribution in [-0.2, 0) is 14.8 Å². The van der Waals surface area contributed by atoms with E-state index in [1.54, 1.807) is 42.5 Å². The van der Waals surface area contributed by atoms with Gasteiger partial charge in [-0.25, -0.2) is 13.6 Å². The lowest BCUT2D eigenvalue weighted by Crippen LogP contribution is -2.23. The van der Waals surface area contributed by atoms with Crippen molar-refractivity contribution in [1.29, 1.82) is 0 Å². The van der Waals surface area contributed by atoms with Crippen LogP contribution in [0.3, 0.4) is 0 Å². The Morgan fingerprint density at radius 2 is 1.86 bits per heavy atom. The van der Waals surface area contributed by atoms with Crippen molar-refractivity contribution in [2.45, 2.75) is 10.8 Å². The highest BCUT2D eigenvalue weighted by molar-refractivity contribution is 7.89. The maximum Gasteiger partial charge on any atom is 0.238 e. The van der Waals surface area contributed by atoms with E-state index in [1.165, 1.54) is 25.6 Å². The number of sulfonamides is 1. The molecule has 1 unspecified atom stereocenters. The van der Waals surface area contributed by atoms with Crippen LogP contribution < -0.4 is 15.6 Å². The summed E-state index contributed by atoms with van der Waals surface area (Å²) >= 11 is 6.23. The molecule has 1 atom stereocenters. The average molecular weight is 432 g/mol. The first kappa shape index (κ1) is 20.8. The van der Waals surface area contributed by atoms with E-state index in [0.29, 0.717) is 33.0 Å². The Balaban J connectivity index is 2.22. The van der Waals surface area contributed by atoms with Crippen molar-refractivity contribution in [3.05, 3.63) is 77.1 Å². The number of primary sulfonamides is 1. The molecular formula is C20H18ClN3O4S. The number of benzene rings is 2. The first-order valence-corrected chi connectivity index (χ1v) is 10.3. The van der Waals surface area contributed by atoms with Crippen LogP contribution in [0, 0.1) is 0 Å². The first-order valence-electron chi connectivity index (χ1n) is 8.42. The Bertz CT molecular complexity index is 1180. The maximum absolute atomic E-state index is 12.3. The molecular weight excluding hydrogens is 414 g/mol. The van der Waals surface area contributed by atoms with E-state index >= 15 is 0 Å². The molecule has 0 bridgehead atoms. The van der Waals surface area contributed by atoms with Gasteiger partial charge < -0.3 is 10.5 Å². The highest BCUT2D eigenvalue weighted by atomic mass is 35.5. The Kier molecular flexibility index (Phi) is 5.88. The fourth-order valence-corrected chi connectivity index (χ4v) is 4.11. The van der Waals surface area contributed by atoms with E-state index in [4.69, 9.17) is 27.2 Å². The Morgan fingerprint density at radius 3 is 2.48 bits per heavy atom. The fraction of sp³-hybridized carbons (Fsp3) is 0.100. The summed E-state index contributed by atoms with van der Waals surface area (Å²) in [5.41, 5.74) is 7.25. The molecule has 1 amide bonds. The zero-order valence-electron chi connectivity index (χ0n) is 15.4. The lowest BCUT2D eigenvalue weighted by molar-refractivity contribution is -0.118. The molecule has 3 aromatic rings. The molecule has 0 saturated carbocycles. The van der Waals surface area contributed by atoms with E-state index in [0.717, 1.165) is 0 Å². The molecule has 7 nitrogen and oxygen atoms in total. The Morgan fingerprint density at radius 1 is 1.14 bits per heavy atom. The van der Waals surface area contributed by atoms with Crippen LogP contribution in [0.25, 0.3) is 11.1 Å². The number of ether oxygens (including phenoxy) is 1. The van der Waals surface area contributed by atoms with Crippen molar-refractivity contribution in [1.82, 2.24) is 4.98 Å². The fourth-order valence-electron chi connectivity index (χ4n) is 3.08. The molecule has 0 spiro atoms. The molecule has 0 aliphatic heterocycles. The van der Waals surface area contributed by atoms with Crippen molar-refractivity contribution < 1.29 is 17.9 Å². The number of aromatic nitrogens is 1. The van der Waals surface area contributed by atoms with Gasteiger partial charge in [-0.3, -0.25) is 9.78 Å². The van der Waals surface area contributed by atoms with Crippen LogP contribution >= 0.6 is 11.6 Å². The lowest BCUT2D eigenvalue weighted by atomic mass is 9.89. The van der Waals surface area contributed by atoms with E-state index in [2.05, 4.69) is 4.98 Å². The van der Waals surface area contributed by atoms with Gasteiger partial charge in [0.05, 0.1) is 24.1 Å². The molecule has 2 aromatic carbocycles. The van der Waals surface area contributed by atoms with Gasteiger partial charge in [-0.2, -0.15) is 0 Å². The smallest absolute Gasteiger partial charge is 0.238 e. The molecule has 9 heteroatoms. The van der Waals surface area contributed by atoms with Gasteiger partial charge in [0.2, 0.25) is 15.9 Å². The minimum absolute atomic E-state index is 0.164. The highest BCUT2D eigenvalue weighted by Gasteiger charge is 2.26. The number of hydrogen-bond acceptors (Lipinski definition) is 5. The van der Waals surface area contributed by atoms with Gasteiger partial charge in [-0.05, 0) is 29.3 Å². The van der Waals surface area contributed by atoms with Gasteiger partial charge in [-0.1, -0.05) is 41.9 Å². The molecule has 0 fully saturated rings. The van der Waals surface area contributed by atoms with Gasteiger partial charge in [-0.15, -0.1) is 0 Å². The minimum atomic E-state index is -4.13. The van der Waals surface area contributed by atoms with Crippen molar-refractivity contribution in [2.75, 3.05) is 7.11 Å². The average Bonchev–Trinajstić information content (AvgIpc) is 2.69. The van der Waals surface area contributed by atoms with Crippen molar-refractivity contribution in [3.8, 4) is 16.9 Å². The number of methoxy groups -OCH3 is 1. The molecule has 0 saturated heterocycles. The monoisotopic (exact) mass is 431 g/mol. The zero-order chi connectivity index (χ0) is 21.2. The quantitative estimate of drug-likeness (QED) is 0.620. The molecule has 150 valence electrons. The molecule has 0 radical (unpaired) electrons. The van der Waals surface area contributed by atoms with E-state index in [-0.39, 0.29) is 4.90 Å². The molecule has 1 aromatic heterocycles. The summed E-state index contributed by atoms with van der Waals surface area (Å²) in [6.45, 7) is 0. The standard InChI is InChI=1S/C20H18ClN3O4S/c1-28-14-8-13(10-24-11-14)15-7-6-12(9-18(15)29(23,26)27)19(20(22)25)16-4-2-3-5-17(16)21/h2-11,19H,1H3,(H2,22,25)(H2,23,26,27). The van der Waals surface area contributed by atoms with Crippen LogP contribution in [0.1, 0.15) is 17.0 Å². The molecule has 1 heterocycles. The Labute approximate surface area is 173 Å². The predicted molar refractivity (Wildman–Crippen MR) is 110 cm³/mol. The van der Waals surface area contributed by atoms with Crippen molar-refractivity contribution in [2.24, 2.45) is 10.9 Å². The summed E-state index contributed by atoms with van der Waals surface area (Å²) in [4.78, 5) is 16.1. The third kappa shape index (κ3) is 4.40. The lowest BCUT2D eigenvalue weighted by Gasteiger charge is -2.18. The van der Waals surface area contributed by atoms with Crippen molar-refractivity contribution >= 4 is 27.5 Å². The number of amides is 1. The summed E-state index contributed by atoms with van der Waals surface area (Å²) in [6.07, 6.45) is 2.99. The number of rotatable bonds is 6. The summed E-state index contributed by atoms with van der Waals surface area (Å²) < 4.78 is 29.8. The number of carbonyl (C=O) groups is 1. The van der Waals surface area contributed by atoms with Crippen LogP contribution in [0.5, 0.6) is 5.75 Å². The summed E-state index contributed by atoms with van der Waals surface area (Å²) in [5, 5.41) is 5.80. The number of carbonyl (C=O) groups excluding carboxylic acids is 1. The number of primary amides is 1. The van der Waals surface area contributed by atoms with E-state index in [1.807, 2.05) is 0 Å². The van der Waals surface area contributed by atoms with Crippen LogP contribution in [0.15, 0.2) is 65.8 Å². The van der Waals surface area contributed by atoms with Gasteiger partial charge in [0.1, 0.15) is 5.75 Å². The van der Waals surface area contributed by atoms with Crippen LogP contribution in [-0.4, -0.2) is 26.4 Å². The third-order valence-corrected chi connectivity index (χ3v) is 5.70. The molecule has 29 heavy (non-hydrogen) atoms. The van der Waals surface area contributed by atoms with Gasteiger partial charge in [0.25, 0.3) is 0 Å². The summed E-state index contributed by atoms with van der Waals surface area (Å²) in [7, 11) is -2.65. The number of hydrogen-bond donors (Lipinski definition) is 2. The van der Waals surface area contributed by atoms with Gasteiger partial charge in [0.15, 0.2) is 0 Å². The maximum atomic E-state index is 12.3. The number of nitrogens with two attached hydrogens (primary N) is 2. The number of nitrogens with zero attached hydrogens (tertiary/aromatic N) is 1. The van der Waals surface area contributed by atoms with Crippen molar-refractivity contribution in [3.63, 3.8) is 0 Å². The SMILES string of the molecule is COc1cncc(-c2ccc(C(C(N)=O)c3ccccc3Cl)cc2S(N)(=O)=O)c1. The zero-order valence-corrected chi connectivity index (χ0v) is 16.9. The third-order valence-electron chi connectivity index (χ3n) is 4.41. The predicted octanol–water partition coefficient (Wildman–Crippen LogP) is 2.68. The number of pyridine rings is 1. The molecule has 4 N–H and O–H groups in total. The van der Waals surface area contributed by atoms with Crippen LogP contribution in [0.2, 0.25) is 5.02 Å². The molecule has 0 aliphatic carbocycles.